The molecule has 2 aliphatic rings. The molecule has 1 heterocycles. The molecular formula is C26H31Cl2NO. The van der Waals surface area contributed by atoms with E-state index in [1.54, 1.807) is 0 Å². The Morgan fingerprint density at radius 2 is 1.70 bits per heavy atom. The maximum atomic E-state index is 11.0. The second kappa shape index (κ2) is 10.7. The van der Waals surface area contributed by atoms with Crippen molar-refractivity contribution in [2.24, 2.45) is 0 Å². The van der Waals surface area contributed by atoms with Crippen molar-refractivity contribution in [3.8, 4) is 11.8 Å². The van der Waals surface area contributed by atoms with E-state index >= 15 is 0 Å². The molecule has 0 bridgehead atoms. The lowest BCUT2D eigenvalue weighted by Gasteiger charge is -2.37. The fourth-order valence-corrected chi connectivity index (χ4v) is 5.06. The molecule has 1 N–H and O–H groups in total. The van der Waals surface area contributed by atoms with E-state index in [2.05, 4.69) is 28.9 Å². The van der Waals surface area contributed by atoms with Crippen LogP contribution in [0.4, 0.5) is 0 Å². The summed E-state index contributed by atoms with van der Waals surface area (Å²) >= 11 is 6.57. The molecule has 2 nitrogen and oxygen atoms in total. The van der Waals surface area contributed by atoms with E-state index in [4.69, 9.17) is 11.6 Å². The Morgan fingerprint density at radius 1 is 1.00 bits per heavy atom. The highest BCUT2D eigenvalue weighted by Crippen LogP contribution is 2.36. The minimum absolute atomic E-state index is 0. The van der Waals surface area contributed by atoms with Gasteiger partial charge in [-0.15, -0.1) is 12.4 Å². The van der Waals surface area contributed by atoms with Gasteiger partial charge in [-0.1, -0.05) is 79.1 Å². The fraction of sp³-hybridized carbons (Fsp3) is 0.462. The van der Waals surface area contributed by atoms with E-state index in [-0.39, 0.29) is 12.4 Å². The van der Waals surface area contributed by atoms with E-state index in [9.17, 15) is 5.11 Å². The molecule has 0 unspecified atom stereocenters. The first-order chi connectivity index (χ1) is 14.1. The molecule has 30 heavy (non-hydrogen) atoms. The Labute approximate surface area is 192 Å². The maximum absolute atomic E-state index is 11.0. The Morgan fingerprint density at radius 3 is 2.37 bits per heavy atom. The predicted octanol–water partition coefficient (Wildman–Crippen LogP) is 6.14. The lowest BCUT2D eigenvalue weighted by molar-refractivity contribution is -0.0229. The topological polar surface area (TPSA) is 23.5 Å². The van der Waals surface area contributed by atoms with Gasteiger partial charge in [0.2, 0.25) is 0 Å². The van der Waals surface area contributed by atoms with Crippen LogP contribution in [0.5, 0.6) is 0 Å². The number of halogens is 2. The van der Waals surface area contributed by atoms with Crippen LogP contribution in [0.1, 0.15) is 67.6 Å². The highest BCUT2D eigenvalue weighted by Gasteiger charge is 2.33. The number of hydrogen-bond donors (Lipinski definition) is 1. The van der Waals surface area contributed by atoms with Crippen LogP contribution < -0.4 is 0 Å². The first-order valence-electron chi connectivity index (χ1n) is 10.9. The van der Waals surface area contributed by atoms with Gasteiger partial charge < -0.3 is 5.11 Å². The molecule has 0 amide bonds. The summed E-state index contributed by atoms with van der Waals surface area (Å²) in [5.41, 5.74) is 2.62. The van der Waals surface area contributed by atoms with Gasteiger partial charge >= 0.3 is 0 Å². The Balaban J connectivity index is 0.00000256. The monoisotopic (exact) mass is 443 g/mol. The number of piperidine rings is 1. The normalized spacial score (nSPS) is 19.4. The molecule has 2 aromatic rings. The van der Waals surface area contributed by atoms with Gasteiger partial charge in [-0.2, -0.15) is 0 Å². The van der Waals surface area contributed by atoms with Crippen LogP contribution in [-0.4, -0.2) is 29.6 Å². The Hall–Kier alpha value is -1.50. The fourth-order valence-electron chi connectivity index (χ4n) is 4.72. The van der Waals surface area contributed by atoms with Crippen LogP contribution >= 0.6 is 24.0 Å². The molecule has 2 aromatic carbocycles. The van der Waals surface area contributed by atoms with Crippen molar-refractivity contribution in [1.82, 2.24) is 4.90 Å². The van der Waals surface area contributed by atoms with Crippen LogP contribution in [0.25, 0.3) is 0 Å². The molecule has 1 aliphatic heterocycles. The Kier molecular flexibility index (Phi) is 8.26. The van der Waals surface area contributed by atoms with Gasteiger partial charge in [-0.05, 0) is 54.9 Å². The van der Waals surface area contributed by atoms with E-state index < -0.39 is 5.60 Å². The number of benzene rings is 2. The van der Waals surface area contributed by atoms with Crippen LogP contribution in [-0.2, 0) is 5.60 Å². The minimum Gasteiger partial charge on any atom is -0.385 e. The van der Waals surface area contributed by atoms with E-state index in [1.165, 1.54) is 37.7 Å². The molecule has 1 aliphatic carbocycles. The van der Waals surface area contributed by atoms with Crippen molar-refractivity contribution in [3.63, 3.8) is 0 Å². The summed E-state index contributed by atoms with van der Waals surface area (Å²) in [4.78, 5) is 2.32. The van der Waals surface area contributed by atoms with Gasteiger partial charge in [0.25, 0.3) is 0 Å². The van der Waals surface area contributed by atoms with Gasteiger partial charge in [-0.3, -0.25) is 4.90 Å². The van der Waals surface area contributed by atoms with Crippen LogP contribution in [0, 0.1) is 11.8 Å². The van der Waals surface area contributed by atoms with Crippen LogP contribution in [0.3, 0.4) is 0 Å². The van der Waals surface area contributed by atoms with E-state index in [1.807, 2.05) is 36.4 Å². The number of aliphatic hydroxyl groups is 1. The van der Waals surface area contributed by atoms with Gasteiger partial charge in [0.05, 0.1) is 12.1 Å². The SMILES string of the molecule is Cl.OC1(c2ccccc2)CCN(CC#Cc2ccc(C3CCCCC3)c(Cl)c2)CC1. The molecule has 2 fully saturated rings. The molecule has 1 saturated carbocycles. The van der Waals surface area contributed by atoms with Crippen LogP contribution in [0.15, 0.2) is 48.5 Å². The zero-order valence-electron chi connectivity index (χ0n) is 17.4. The van der Waals surface area contributed by atoms with Gasteiger partial charge in [0.1, 0.15) is 0 Å². The summed E-state index contributed by atoms with van der Waals surface area (Å²) < 4.78 is 0. The summed E-state index contributed by atoms with van der Waals surface area (Å²) in [6.45, 7) is 2.45. The van der Waals surface area contributed by atoms with Crippen molar-refractivity contribution in [1.29, 1.82) is 0 Å². The van der Waals surface area contributed by atoms with Crippen molar-refractivity contribution in [2.45, 2.75) is 56.5 Å². The van der Waals surface area contributed by atoms with Gasteiger partial charge in [0, 0.05) is 23.7 Å². The van der Waals surface area contributed by atoms with E-state index in [0.717, 1.165) is 48.6 Å². The third kappa shape index (κ3) is 5.59. The van der Waals surface area contributed by atoms with Crippen LogP contribution in [0.2, 0.25) is 5.02 Å². The molecule has 160 valence electrons. The van der Waals surface area contributed by atoms with Crippen molar-refractivity contribution < 1.29 is 5.11 Å². The summed E-state index contributed by atoms with van der Waals surface area (Å²) in [5.74, 6) is 7.20. The molecule has 4 heteroatoms. The number of hydrogen-bond acceptors (Lipinski definition) is 2. The zero-order chi connectivity index (χ0) is 20.1. The zero-order valence-corrected chi connectivity index (χ0v) is 19.0. The minimum atomic E-state index is -0.701. The standard InChI is InChI=1S/C26H30ClNO.ClH/c27-25-20-21(13-14-24(25)22-9-3-1-4-10-22)8-7-17-28-18-15-26(29,16-19-28)23-11-5-2-6-12-23;/h2,5-6,11-14,20,22,29H,1,3-4,9-10,15-19H2;1H. The number of nitrogens with zero attached hydrogens (tertiary/aromatic N) is 1. The third-order valence-electron chi connectivity index (χ3n) is 6.58. The molecule has 0 radical (unpaired) electrons. The second-order valence-corrected chi connectivity index (χ2v) is 8.95. The second-order valence-electron chi connectivity index (χ2n) is 8.55. The lowest BCUT2D eigenvalue weighted by atomic mass is 9.84. The lowest BCUT2D eigenvalue weighted by Crippen LogP contribution is -2.42. The summed E-state index contributed by atoms with van der Waals surface area (Å²) in [6, 6.07) is 16.4. The van der Waals surface area contributed by atoms with E-state index in [0.29, 0.717) is 5.92 Å². The highest BCUT2D eigenvalue weighted by molar-refractivity contribution is 6.31. The maximum Gasteiger partial charge on any atom is 0.0920 e. The van der Waals surface area contributed by atoms with Crippen molar-refractivity contribution >= 4 is 24.0 Å². The molecule has 0 aromatic heterocycles. The molecule has 0 spiro atoms. The highest BCUT2D eigenvalue weighted by atomic mass is 35.5. The van der Waals surface area contributed by atoms with Gasteiger partial charge in [0.15, 0.2) is 0 Å². The molecule has 0 atom stereocenters. The number of likely N-dealkylation sites (tertiary alicyclic amines) is 1. The average Bonchev–Trinajstić information content (AvgIpc) is 2.77. The molecule has 4 rings (SSSR count). The smallest absolute Gasteiger partial charge is 0.0920 e. The van der Waals surface area contributed by atoms with Crippen molar-refractivity contribution in [3.05, 3.63) is 70.2 Å². The summed E-state index contributed by atoms with van der Waals surface area (Å²) in [6.07, 6.45) is 8.01. The first-order valence-corrected chi connectivity index (χ1v) is 11.3. The van der Waals surface area contributed by atoms with Gasteiger partial charge in [-0.25, -0.2) is 0 Å². The number of rotatable bonds is 3. The first kappa shape index (κ1) is 23.2. The quantitative estimate of drug-likeness (QED) is 0.575. The summed E-state index contributed by atoms with van der Waals surface area (Å²) in [7, 11) is 0. The predicted molar refractivity (Wildman–Crippen MR) is 127 cm³/mol. The average molecular weight is 444 g/mol. The largest absolute Gasteiger partial charge is 0.385 e. The molecule has 1 saturated heterocycles. The Bertz CT molecular complexity index is 873. The molecular weight excluding hydrogens is 413 g/mol. The summed E-state index contributed by atoms with van der Waals surface area (Å²) in [5, 5.41) is 11.8. The third-order valence-corrected chi connectivity index (χ3v) is 6.90. The van der Waals surface area contributed by atoms with Crippen molar-refractivity contribution in [2.75, 3.05) is 19.6 Å².